The van der Waals surface area contributed by atoms with Crippen molar-refractivity contribution >= 4 is 15.9 Å². The molecular weight excluding hydrogens is 332 g/mol. The molecule has 8 heteroatoms. The molecule has 0 radical (unpaired) electrons. The smallest absolute Gasteiger partial charge is 0.289 e. The molecule has 0 unspecified atom stereocenters. The van der Waals surface area contributed by atoms with Gasteiger partial charge in [-0.3, -0.25) is 10.0 Å². The second-order valence-corrected chi connectivity index (χ2v) is 7.01. The van der Waals surface area contributed by atoms with E-state index in [4.69, 9.17) is 5.73 Å². The zero-order valence-corrected chi connectivity index (χ0v) is 13.7. The summed E-state index contributed by atoms with van der Waals surface area (Å²) in [5, 5.41) is 19.0. The first-order chi connectivity index (χ1) is 11.2. The normalized spacial score (nSPS) is 14.0. The second kappa shape index (κ2) is 7.10. The van der Waals surface area contributed by atoms with Gasteiger partial charge in [-0.25, -0.2) is 0 Å². The number of hydrogen-bond donors (Lipinski definition) is 3. The van der Waals surface area contributed by atoms with Crippen LogP contribution in [0.5, 0.6) is 0 Å². The molecule has 2 atom stereocenters. The zero-order valence-electron chi connectivity index (χ0n) is 12.9. The van der Waals surface area contributed by atoms with E-state index < -0.39 is 32.5 Å². The molecule has 0 spiro atoms. The van der Waals surface area contributed by atoms with Gasteiger partial charge in [0.25, 0.3) is 15.9 Å². The lowest BCUT2D eigenvalue weighted by atomic mass is 10.1. The van der Waals surface area contributed by atoms with Crippen LogP contribution in [-0.4, -0.2) is 41.3 Å². The highest BCUT2D eigenvalue weighted by Gasteiger charge is 2.33. The Kier molecular flexibility index (Phi) is 5.35. The number of amides is 1. The first-order valence-corrected chi connectivity index (χ1v) is 8.56. The molecule has 2 aromatic carbocycles. The van der Waals surface area contributed by atoms with Gasteiger partial charge in [0.15, 0.2) is 0 Å². The van der Waals surface area contributed by atoms with Crippen molar-refractivity contribution in [1.82, 2.24) is 4.47 Å². The van der Waals surface area contributed by atoms with Crippen LogP contribution in [0.3, 0.4) is 0 Å². The van der Waals surface area contributed by atoms with Crippen molar-refractivity contribution in [3.63, 3.8) is 0 Å². The third kappa shape index (κ3) is 3.62. The predicted octanol–water partition coefficient (Wildman–Crippen LogP) is 0.968. The molecule has 24 heavy (non-hydrogen) atoms. The quantitative estimate of drug-likeness (QED) is 0.546. The molecule has 7 nitrogen and oxygen atoms in total. The summed E-state index contributed by atoms with van der Waals surface area (Å²) in [6, 6.07) is 13.4. The van der Waals surface area contributed by atoms with Gasteiger partial charge in [-0.05, 0) is 30.2 Å². The topological polar surface area (TPSA) is 121 Å². The van der Waals surface area contributed by atoms with Crippen molar-refractivity contribution in [3.8, 4) is 11.1 Å². The van der Waals surface area contributed by atoms with Gasteiger partial charge in [0, 0.05) is 0 Å². The van der Waals surface area contributed by atoms with E-state index in [1.54, 1.807) is 12.1 Å². The molecule has 2 aromatic rings. The molecule has 0 fully saturated rings. The average Bonchev–Trinajstić information content (AvgIpc) is 2.60. The molecule has 1 amide bonds. The molecule has 0 saturated carbocycles. The Morgan fingerprint density at radius 2 is 1.54 bits per heavy atom. The number of aliphatic hydroxyl groups excluding tert-OH is 1. The molecule has 0 aromatic heterocycles. The Morgan fingerprint density at radius 1 is 1.04 bits per heavy atom. The van der Waals surface area contributed by atoms with Crippen LogP contribution in [0.15, 0.2) is 59.5 Å². The zero-order chi connectivity index (χ0) is 17.9. The van der Waals surface area contributed by atoms with Gasteiger partial charge in [-0.1, -0.05) is 42.5 Å². The van der Waals surface area contributed by atoms with Crippen LogP contribution in [-0.2, 0) is 14.8 Å². The minimum absolute atomic E-state index is 0.268. The summed E-state index contributed by atoms with van der Waals surface area (Å²) in [6.45, 7) is 1.22. The van der Waals surface area contributed by atoms with E-state index in [9.17, 15) is 23.5 Å². The fraction of sp³-hybridized carbons (Fsp3) is 0.188. The summed E-state index contributed by atoms with van der Waals surface area (Å²) >= 11 is 0. The fourth-order valence-electron chi connectivity index (χ4n) is 2.00. The van der Waals surface area contributed by atoms with Crippen molar-refractivity contribution in [1.29, 1.82) is 0 Å². The highest BCUT2D eigenvalue weighted by molar-refractivity contribution is 7.89. The minimum atomic E-state index is -4.47. The van der Waals surface area contributed by atoms with E-state index >= 15 is 0 Å². The predicted molar refractivity (Wildman–Crippen MR) is 87.4 cm³/mol. The van der Waals surface area contributed by atoms with Gasteiger partial charge in [-0.15, -0.1) is 4.47 Å². The summed E-state index contributed by atoms with van der Waals surface area (Å²) < 4.78 is 24.1. The van der Waals surface area contributed by atoms with Gasteiger partial charge < -0.3 is 10.8 Å². The molecule has 4 N–H and O–H groups in total. The Bertz CT molecular complexity index is 804. The van der Waals surface area contributed by atoms with E-state index in [1.165, 1.54) is 19.1 Å². The number of hydroxylamine groups is 1. The van der Waals surface area contributed by atoms with E-state index in [0.29, 0.717) is 0 Å². The Balaban J connectivity index is 2.28. The largest absolute Gasteiger partial charge is 0.391 e. The third-order valence-electron chi connectivity index (χ3n) is 3.48. The van der Waals surface area contributed by atoms with Crippen LogP contribution in [0.4, 0.5) is 0 Å². The molecule has 0 bridgehead atoms. The van der Waals surface area contributed by atoms with E-state index in [1.807, 2.05) is 30.3 Å². The molecule has 0 aliphatic rings. The molecule has 0 heterocycles. The van der Waals surface area contributed by atoms with Gasteiger partial charge in [-0.2, -0.15) is 8.42 Å². The maximum atomic E-state index is 12.3. The number of rotatable bonds is 5. The van der Waals surface area contributed by atoms with Crippen LogP contribution >= 0.6 is 0 Å². The van der Waals surface area contributed by atoms with Gasteiger partial charge in [0.1, 0.15) is 6.04 Å². The molecule has 0 aliphatic heterocycles. The molecule has 2 rings (SSSR count). The summed E-state index contributed by atoms with van der Waals surface area (Å²) in [5.41, 5.74) is 7.05. The number of aliphatic hydroxyl groups is 1. The first kappa shape index (κ1) is 18.1. The minimum Gasteiger partial charge on any atom is -0.391 e. The summed E-state index contributed by atoms with van der Waals surface area (Å²) in [6.07, 6.45) is -1.30. The third-order valence-corrected chi connectivity index (χ3v) is 4.98. The van der Waals surface area contributed by atoms with Crippen LogP contribution in [0.2, 0.25) is 0 Å². The van der Waals surface area contributed by atoms with Crippen molar-refractivity contribution in [2.24, 2.45) is 5.73 Å². The van der Waals surface area contributed by atoms with Gasteiger partial charge in [0.05, 0.1) is 11.0 Å². The van der Waals surface area contributed by atoms with E-state index in [0.717, 1.165) is 11.1 Å². The number of sulfonamides is 1. The standard InChI is InChI=1S/C16H18N2O5S/c1-11(19)15(17)16(20)18(21)24(22,23)14-9-7-13(8-10-14)12-5-3-2-4-6-12/h2-11,15,19,21H,17H2,1H3/t11-,15+/m1/s1. The lowest BCUT2D eigenvalue weighted by Gasteiger charge is -2.20. The SMILES string of the molecule is C[C@@H](O)[C@H](N)C(=O)N(O)S(=O)(=O)c1ccc(-c2ccccc2)cc1. The molecule has 0 saturated heterocycles. The maximum Gasteiger partial charge on any atom is 0.289 e. The molecule has 0 aliphatic carbocycles. The van der Waals surface area contributed by atoms with Crippen LogP contribution in [0.1, 0.15) is 6.92 Å². The van der Waals surface area contributed by atoms with E-state index in [2.05, 4.69) is 0 Å². The number of carbonyl (C=O) groups is 1. The summed E-state index contributed by atoms with van der Waals surface area (Å²) in [4.78, 5) is 11.5. The Morgan fingerprint density at radius 3 is 2.04 bits per heavy atom. The number of benzene rings is 2. The van der Waals surface area contributed by atoms with Crippen molar-refractivity contribution < 1.29 is 23.5 Å². The van der Waals surface area contributed by atoms with E-state index in [-0.39, 0.29) is 4.90 Å². The number of hydrogen-bond acceptors (Lipinski definition) is 6. The second-order valence-electron chi connectivity index (χ2n) is 5.24. The first-order valence-electron chi connectivity index (χ1n) is 7.12. The Labute approximate surface area is 140 Å². The van der Waals surface area contributed by atoms with Crippen LogP contribution in [0, 0.1) is 0 Å². The highest BCUT2D eigenvalue weighted by atomic mass is 32.2. The monoisotopic (exact) mass is 350 g/mol. The average molecular weight is 350 g/mol. The van der Waals surface area contributed by atoms with Crippen LogP contribution < -0.4 is 5.73 Å². The lowest BCUT2D eigenvalue weighted by Crippen LogP contribution is -2.49. The van der Waals surface area contributed by atoms with Crippen molar-refractivity contribution in [3.05, 3.63) is 54.6 Å². The molecular formula is C16H18N2O5S. The summed E-state index contributed by atoms with van der Waals surface area (Å²) in [5.74, 6) is -1.31. The molecule has 128 valence electrons. The Hall–Kier alpha value is -2.26. The van der Waals surface area contributed by atoms with Gasteiger partial charge >= 0.3 is 0 Å². The number of nitrogens with zero attached hydrogens (tertiary/aromatic N) is 1. The van der Waals surface area contributed by atoms with Crippen LogP contribution in [0.25, 0.3) is 11.1 Å². The van der Waals surface area contributed by atoms with Gasteiger partial charge in [0.2, 0.25) is 0 Å². The number of nitrogens with two attached hydrogens (primary N) is 1. The maximum absolute atomic E-state index is 12.3. The number of carbonyl (C=O) groups excluding carboxylic acids is 1. The fourth-order valence-corrected chi connectivity index (χ4v) is 3.04. The summed E-state index contributed by atoms with van der Waals surface area (Å²) in [7, 11) is -4.47. The lowest BCUT2D eigenvalue weighted by molar-refractivity contribution is -0.149. The van der Waals surface area contributed by atoms with Crippen molar-refractivity contribution in [2.75, 3.05) is 0 Å². The van der Waals surface area contributed by atoms with Crippen molar-refractivity contribution in [2.45, 2.75) is 24.0 Å². The highest BCUT2D eigenvalue weighted by Crippen LogP contribution is 2.22.